The molecule has 0 radical (unpaired) electrons. The van der Waals surface area contributed by atoms with Gasteiger partial charge in [-0.3, -0.25) is 4.79 Å². The van der Waals surface area contributed by atoms with Crippen molar-refractivity contribution >= 4 is 44.9 Å². The second-order valence-corrected chi connectivity index (χ2v) is 9.08. The molecule has 1 atom stereocenters. The van der Waals surface area contributed by atoms with Crippen LogP contribution in [0.15, 0.2) is 68.8 Å². The molecule has 1 aliphatic heterocycles. The maximum absolute atomic E-state index is 13.2. The van der Waals surface area contributed by atoms with E-state index in [4.69, 9.17) is 4.74 Å². The van der Waals surface area contributed by atoms with E-state index < -0.39 is 0 Å². The second-order valence-electron chi connectivity index (χ2n) is 6.43. The van der Waals surface area contributed by atoms with Crippen LogP contribution >= 0.6 is 39.0 Å². The zero-order valence-corrected chi connectivity index (χ0v) is 18.3. The summed E-state index contributed by atoms with van der Waals surface area (Å²) in [6.45, 7) is 1.71. The molecule has 2 aromatic carbocycles. The number of halogens is 1. The second kappa shape index (κ2) is 9.22. The molecule has 0 spiro atoms. The van der Waals surface area contributed by atoms with Gasteiger partial charge in [0.15, 0.2) is 0 Å². The number of hydrogen-bond donors (Lipinski definition) is 0. The van der Waals surface area contributed by atoms with E-state index in [1.54, 1.807) is 23.1 Å². The molecular formula is C21H19BrN2O2S2. The van der Waals surface area contributed by atoms with Gasteiger partial charge < -0.3 is 9.64 Å². The SMILES string of the molecule is O=C(c1ccccc1SCc1cscn1)N1CCOC(c2ccc(Br)cc2)C1. The summed E-state index contributed by atoms with van der Waals surface area (Å²) >= 11 is 6.71. The fourth-order valence-corrected chi connectivity index (χ4v) is 4.99. The molecule has 0 aliphatic carbocycles. The highest BCUT2D eigenvalue weighted by atomic mass is 79.9. The number of nitrogens with zero attached hydrogens (tertiary/aromatic N) is 2. The van der Waals surface area contributed by atoms with Crippen LogP contribution in [-0.2, 0) is 10.5 Å². The number of aromatic nitrogens is 1. The van der Waals surface area contributed by atoms with Gasteiger partial charge in [0.1, 0.15) is 6.10 Å². The third-order valence-corrected chi connectivity index (χ3v) is 6.84. The molecule has 1 aliphatic rings. The van der Waals surface area contributed by atoms with Crippen LogP contribution in [0.4, 0.5) is 0 Å². The van der Waals surface area contributed by atoms with Crippen LogP contribution in [0.3, 0.4) is 0 Å². The number of thioether (sulfide) groups is 1. The number of amides is 1. The fourth-order valence-electron chi connectivity index (χ4n) is 3.11. The molecular weight excluding hydrogens is 456 g/mol. The molecule has 0 N–H and O–H groups in total. The van der Waals surface area contributed by atoms with E-state index in [0.717, 1.165) is 31.9 Å². The average molecular weight is 475 g/mol. The van der Waals surface area contributed by atoms with Gasteiger partial charge in [-0.1, -0.05) is 40.2 Å². The van der Waals surface area contributed by atoms with Gasteiger partial charge in [0, 0.05) is 27.0 Å². The Kier molecular flexibility index (Phi) is 6.47. The molecule has 1 unspecified atom stereocenters. The highest BCUT2D eigenvalue weighted by Crippen LogP contribution is 2.29. The first-order chi connectivity index (χ1) is 13.7. The van der Waals surface area contributed by atoms with Crippen LogP contribution in [0.2, 0.25) is 0 Å². The summed E-state index contributed by atoms with van der Waals surface area (Å²) in [6, 6.07) is 15.9. The topological polar surface area (TPSA) is 42.4 Å². The molecule has 3 aromatic rings. The first-order valence-electron chi connectivity index (χ1n) is 8.96. The van der Waals surface area contributed by atoms with Gasteiger partial charge in [0.25, 0.3) is 5.91 Å². The van der Waals surface area contributed by atoms with E-state index in [1.165, 1.54) is 0 Å². The Hall–Kier alpha value is -1.67. The minimum atomic E-state index is -0.0966. The highest BCUT2D eigenvalue weighted by Gasteiger charge is 2.27. The van der Waals surface area contributed by atoms with Gasteiger partial charge in [-0.15, -0.1) is 23.1 Å². The van der Waals surface area contributed by atoms with E-state index >= 15 is 0 Å². The first kappa shape index (κ1) is 19.6. The molecule has 4 rings (SSSR count). The van der Waals surface area contributed by atoms with Crippen molar-refractivity contribution in [2.75, 3.05) is 19.7 Å². The molecule has 28 heavy (non-hydrogen) atoms. The maximum Gasteiger partial charge on any atom is 0.255 e. The van der Waals surface area contributed by atoms with Crippen LogP contribution in [0, 0.1) is 0 Å². The number of ether oxygens (including phenoxy) is 1. The van der Waals surface area contributed by atoms with Crippen molar-refractivity contribution in [2.45, 2.75) is 16.8 Å². The zero-order chi connectivity index (χ0) is 19.3. The van der Waals surface area contributed by atoms with Gasteiger partial charge in [-0.05, 0) is 29.8 Å². The van der Waals surface area contributed by atoms with Crippen molar-refractivity contribution in [3.63, 3.8) is 0 Å². The predicted octanol–water partition coefficient (Wildman–Crippen LogP) is 5.41. The van der Waals surface area contributed by atoms with Crippen LogP contribution in [0.5, 0.6) is 0 Å². The Bertz CT molecular complexity index is 932. The zero-order valence-electron chi connectivity index (χ0n) is 15.1. The molecule has 0 saturated carbocycles. The van der Waals surface area contributed by atoms with Gasteiger partial charge in [0.2, 0.25) is 0 Å². The lowest BCUT2D eigenvalue weighted by molar-refractivity contribution is -0.0229. The molecule has 144 valence electrons. The number of carbonyl (C=O) groups excluding carboxylic acids is 1. The summed E-state index contributed by atoms with van der Waals surface area (Å²) < 4.78 is 6.96. The van der Waals surface area contributed by atoms with Gasteiger partial charge in [-0.2, -0.15) is 0 Å². The lowest BCUT2D eigenvalue weighted by atomic mass is 10.1. The lowest BCUT2D eigenvalue weighted by Crippen LogP contribution is -2.42. The van der Waals surface area contributed by atoms with Crippen molar-refractivity contribution in [3.8, 4) is 0 Å². The number of rotatable bonds is 5. The van der Waals surface area contributed by atoms with Crippen molar-refractivity contribution in [1.29, 1.82) is 0 Å². The highest BCUT2D eigenvalue weighted by molar-refractivity contribution is 9.10. The van der Waals surface area contributed by atoms with Gasteiger partial charge in [0.05, 0.1) is 29.9 Å². The molecule has 7 heteroatoms. The minimum Gasteiger partial charge on any atom is -0.370 e. The number of carbonyl (C=O) groups is 1. The molecule has 1 amide bonds. The van der Waals surface area contributed by atoms with Crippen LogP contribution in [-0.4, -0.2) is 35.5 Å². The Morgan fingerprint density at radius 3 is 2.86 bits per heavy atom. The Labute approximate surface area is 181 Å². The number of morpholine rings is 1. The Morgan fingerprint density at radius 2 is 2.07 bits per heavy atom. The summed E-state index contributed by atoms with van der Waals surface area (Å²) in [4.78, 5) is 20.5. The lowest BCUT2D eigenvalue weighted by Gasteiger charge is -2.33. The standard InChI is InChI=1S/C21H19BrN2O2S2/c22-16-7-5-15(6-8-16)19-11-24(9-10-26-19)21(25)18-3-1-2-4-20(18)28-13-17-12-27-14-23-17/h1-8,12,14,19H,9-11,13H2. The first-order valence-corrected chi connectivity index (χ1v) is 11.7. The van der Waals surface area contributed by atoms with E-state index in [1.807, 2.05) is 64.3 Å². The Balaban J connectivity index is 1.48. The van der Waals surface area contributed by atoms with Crippen LogP contribution < -0.4 is 0 Å². The van der Waals surface area contributed by atoms with E-state index in [9.17, 15) is 4.79 Å². The molecule has 1 fully saturated rings. The molecule has 1 saturated heterocycles. The summed E-state index contributed by atoms with van der Waals surface area (Å²) in [7, 11) is 0. The van der Waals surface area contributed by atoms with Gasteiger partial charge >= 0.3 is 0 Å². The minimum absolute atomic E-state index is 0.0618. The number of hydrogen-bond acceptors (Lipinski definition) is 5. The normalized spacial score (nSPS) is 16.9. The summed E-state index contributed by atoms with van der Waals surface area (Å²) in [5, 5.41) is 2.04. The third kappa shape index (κ3) is 4.66. The predicted molar refractivity (Wildman–Crippen MR) is 117 cm³/mol. The van der Waals surface area contributed by atoms with E-state index in [2.05, 4.69) is 20.9 Å². The average Bonchev–Trinajstić information content (AvgIpc) is 3.26. The van der Waals surface area contributed by atoms with E-state index in [-0.39, 0.29) is 12.0 Å². The van der Waals surface area contributed by atoms with Crippen LogP contribution in [0.1, 0.15) is 27.7 Å². The van der Waals surface area contributed by atoms with Gasteiger partial charge in [-0.25, -0.2) is 4.98 Å². The number of benzene rings is 2. The molecule has 0 bridgehead atoms. The smallest absolute Gasteiger partial charge is 0.255 e. The van der Waals surface area contributed by atoms with Crippen molar-refractivity contribution in [1.82, 2.24) is 9.88 Å². The Morgan fingerprint density at radius 1 is 1.25 bits per heavy atom. The monoisotopic (exact) mass is 474 g/mol. The van der Waals surface area contributed by atoms with Crippen molar-refractivity contribution in [2.24, 2.45) is 0 Å². The van der Waals surface area contributed by atoms with Crippen LogP contribution in [0.25, 0.3) is 0 Å². The maximum atomic E-state index is 13.2. The van der Waals surface area contributed by atoms with Crippen molar-refractivity contribution < 1.29 is 9.53 Å². The summed E-state index contributed by atoms with van der Waals surface area (Å²) in [5.74, 6) is 0.824. The summed E-state index contributed by atoms with van der Waals surface area (Å²) in [5.41, 5.74) is 4.72. The van der Waals surface area contributed by atoms with E-state index in [0.29, 0.717) is 19.7 Å². The third-order valence-electron chi connectivity index (χ3n) is 4.57. The fraction of sp³-hybridized carbons (Fsp3) is 0.238. The quantitative estimate of drug-likeness (QED) is 0.463. The summed E-state index contributed by atoms with van der Waals surface area (Å²) in [6.07, 6.45) is -0.0966. The van der Waals surface area contributed by atoms with Crippen molar-refractivity contribution in [3.05, 3.63) is 80.7 Å². The molecule has 1 aromatic heterocycles. The largest absolute Gasteiger partial charge is 0.370 e. The molecule has 2 heterocycles. The number of thiazole rings is 1. The molecule has 4 nitrogen and oxygen atoms in total.